The Balaban J connectivity index is 2.58. The van der Waals surface area contributed by atoms with E-state index in [0.717, 1.165) is 4.57 Å². The number of pyridine rings is 1. The predicted molar refractivity (Wildman–Crippen MR) is 89.2 cm³/mol. The van der Waals surface area contributed by atoms with E-state index in [1.807, 2.05) is 6.07 Å². The maximum absolute atomic E-state index is 12.2. The fourth-order valence-corrected chi connectivity index (χ4v) is 2.90. The molecule has 24 heavy (non-hydrogen) atoms. The summed E-state index contributed by atoms with van der Waals surface area (Å²) in [6.07, 6.45) is 1.21. The first-order valence-electron chi connectivity index (χ1n) is 6.24. The number of nitrogens with two attached hydrogens (primary N) is 3. The Labute approximate surface area is 141 Å². The van der Waals surface area contributed by atoms with Crippen molar-refractivity contribution < 1.29 is 8.42 Å². The summed E-state index contributed by atoms with van der Waals surface area (Å²) in [7, 11) is -4.04. The van der Waals surface area contributed by atoms with Gasteiger partial charge < -0.3 is 17.2 Å². The molecule has 0 saturated heterocycles. The van der Waals surface area contributed by atoms with Gasteiger partial charge in [0.05, 0.1) is 16.1 Å². The largest absolute Gasteiger partial charge is 0.396 e. The predicted octanol–water partition coefficient (Wildman–Crippen LogP) is -0.0931. The van der Waals surface area contributed by atoms with Gasteiger partial charge in [-0.25, -0.2) is 0 Å². The van der Waals surface area contributed by atoms with Crippen molar-refractivity contribution in [3.8, 4) is 11.8 Å². The lowest BCUT2D eigenvalue weighted by molar-refractivity contribution is 0.598. The summed E-state index contributed by atoms with van der Waals surface area (Å²) in [6.45, 7) is 0. The molecule has 0 spiro atoms. The van der Waals surface area contributed by atoms with Crippen LogP contribution in [0.15, 0.2) is 44.6 Å². The Hall–Kier alpha value is -3.03. The van der Waals surface area contributed by atoms with Crippen LogP contribution in [0.25, 0.3) is 5.69 Å². The first-order valence-corrected chi connectivity index (χ1v) is 8.06. The molecule has 0 saturated carbocycles. The van der Waals surface area contributed by atoms with Crippen LogP contribution >= 0.6 is 11.6 Å². The number of halogens is 1. The van der Waals surface area contributed by atoms with E-state index in [-0.39, 0.29) is 26.9 Å². The third-order valence-electron chi connectivity index (χ3n) is 2.95. The molecule has 0 bridgehead atoms. The van der Waals surface area contributed by atoms with E-state index in [0.29, 0.717) is 0 Å². The molecule has 124 valence electrons. The van der Waals surface area contributed by atoms with Gasteiger partial charge in [0, 0.05) is 11.9 Å². The van der Waals surface area contributed by atoms with Crippen LogP contribution < -0.4 is 22.8 Å². The summed E-state index contributed by atoms with van der Waals surface area (Å²) >= 11 is 5.83. The highest BCUT2D eigenvalue weighted by Crippen LogP contribution is 2.21. The minimum Gasteiger partial charge on any atom is -0.396 e. The van der Waals surface area contributed by atoms with Gasteiger partial charge in [-0.1, -0.05) is 11.6 Å². The SMILES string of the molecule is N#Cc1cn(-c2ccc(S(=O)(=O)N=C(N)N)cc2)c(=O)c(Cl)c1N. The summed E-state index contributed by atoms with van der Waals surface area (Å²) in [4.78, 5) is 12.0. The Morgan fingerprint density at radius 2 is 1.83 bits per heavy atom. The first-order chi connectivity index (χ1) is 11.2. The highest BCUT2D eigenvalue weighted by molar-refractivity contribution is 7.90. The van der Waals surface area contributed by atoms with E-state index in [1.165, 1.54) is 30.5 Å². The quantitative estimate of drug-likeness (QED) is 0.503. The molecule has 0 atom stereocenters. The van der Waals surface area contributed by atoms with Crippen molar-refractivity contribution >= 4 is 33.3 Å². The lowest BCUT2D eigenvalue weighted by atomic mass is 10.2. The maximum Gasteiger partial charge on any atom is 0.285 e. The van der Waals surface area contributed by atoms with Crippen molar-refractivity contribution in [1.29, 1.82) is 5.26 Å². The Morgan fingerprint density at radius 3 is 2.33 bits per heavy atom. The molecule has 6 N–H and O–H groups in total. The van der Waals surface area contributed by atoms with Gasteiger partial charge in [-0.2, -0.15) is 13.7 Å². The number of rotatable bonds is 3. The normalized spacial score (nSPS) is 10.8. The van der Waals surface area contributed by atoms with Crippen LogP contribution in [0.1, 0.15) is 5.56 Å². The molecule has 2 aromatic rings. The van der Waals surface area contributed by atoms with E-state index < -0.39 is 21.5 Å². The number of hydrogen-bond donors (Lipinski definition) is 3. The van der Waals surface area contributed by atoms with E-state index in [4.69, 9.17) is 34.1 Å². The van der Waals surface area contributed by atoms with E-state index >= 15 is 0 Å². The second kappa shape index (κ2) is 6.23. The zero-order chi connectivity index (χ0) is 18.1. The molecule has 11 heteroatoms. The standard InChI is InChI=1S/C13H11ClN6O3S/c14-10-11(16)7(5-15)6-20(12(10)21)8-1-3-9(4-2-8)24(22,23)19-13(17)18/h1-4,6H,16H2,(H4,17,18,19). The van der Waals surface area contributed by atoms with Crippen molar-refractivity contribution in [1.82, 2.24) is 4.57 Å². The number of anilines is 1. The van der Waals surface area contributed by atoms with Gasteiger partial charge in [-0.05, 0) is 24.3 Å². The lowest BCUT2D eigenvalue weighted by Gasteiger charge is -2.09. The highest BCUT2D eigenvalue weighted by Gasteiger charge is 2.15. The zero-order valence-corrected chi connectivity index (χ0v) is 13.5. The summed E-state index contributed by atoms with van der Waals surface area (Å²) in [6, 6.07) is 6.91. The average Bonchev–Trinajstić information content (AvgIpc) is 2.52. The maximum atomic E-state index is 12.2. The molecular weight excluding hydrogens is 356 g/mol. The monoisotopic (exact) mass is 366 g/mol. The fraction of sp³-hybridized carbons (Fsp3) is 0. The summed E-state index contributed by atoms with van der Waals surface area (Å²) in [5.41, 5.74) is 15.2. The van der Waals surface area contributed by atoms with E-state index in [2.05, 4.69) is 4.40 Å². The molecule has 0 aliphatic rings. The van der Waals surface area contributed by atoms with Gasteiger partial charge >= 0.3 is 0 Å². The molecule has 0 fully saturated rings. The highest BCUT2D eigenvalue weighted by atomic mass is 35.5. The number of aromatic nitrogens is 1. The van der Waals surface area contributed by atoms with Crippen molar-refractivity contribution in [2.75, 3.05) is 5.73 Å². The van der Waals surface area contributed by atoms with Crippen LogP contribution in [0, 0.1) is 11.3 Å². The van der Waals surface area contributed by atoms with Crippen molar-refractivity contribution in [2.45, 2.75) is 4.90 Å². The van der Waals surface area contributed by atoms with Crippen molar-refractivity contribution in [2.24, 2.45) is 15.9 Å². The number of nitrogens with zero attached hydrogens (tertiary/aromatic N) is 3. The van der Waals surface area contributed by atoms with Gasteiger partial charge in [0.2, 0.25) is 5.96 Å². The smallest absolute Gasteiger partial charge is 0.285 e. The van der Waals surface area contributed by atoms with Crippen LogP contribution in [0.4, 0.5) is 5.69 Å². The van der Waals surface area contributed by atoms with Gasteiger partial charge in [0.25, 0.3) is 15.6 Å². The third kappa shape index (κ3) is 3.17. The number of nitriles is 1. The topological polar surface area (TPSA) is 170 Å². The Kier molecular flexibility index (Phi) is 4.50. The number of hydrogen-bond acceptors (Lipinski definition) is 5. The molecule has 2 rings (SSSR count). The van der Waals surface area contributed by atoms with Crippen LogP contribution in [0.2, 0.25) is 5.02 Å². The Morgan fingerprint density at radius 1 is 1.25 bits per heavy atom. The minimum absolute atomic E-state index is 0.0109. The Bertz CT molecular complexity index is 1030. The first kappa shape index (κ1) is 17.3. The molecule has 0 unspecified atom stereocenters. The fourth-order valence-electron chi connectivity index (χ4n) is 1.85. The van der Waals surface area contributed by atoms with Gasteiger partial charge in [-0.3, -0.25) is 9.36 Å². The number of benzene rings is 1. The number of nitrogen functional groups attached to an aromatic ring is 1. The van der Waals surface area contributed by atoms with Crippen LogP contribution in [-0.4, -0.2) is 18.9 Å². The van der Waals surface area contributed by atoms with Crippen LogP contribution in [-0.2, 0) is 10.0 Å². The molecule has 0 radical (unpaired) electrons. The molecule has 9 nitrogen and oxygen atoms in total. The van der Waals surface area contributed by atoms with Crippen molar-refractivity contribution in [3.63, 3.8) is 0 Å². The molecule has 1 heterocycles. The van der Waals surface area contributed by atoms with E-state index in [1.54, 1.807) is 0 Å². The molecule has 1 aromatic carbocycles. The molecule has 1 aromatic heterocycles. The zero-order valence-electron chi connectivity index (χ0n) is 12.0. The lowest BCUT2D eigenvalue weighted by Crippen LogP contribution is -2.24. The van der Waals surface area contributed by atoms with Gasteiger partial charge in [0.1, 0.15) is 11.1 Å². The second-order valence-electron chi connectivity index (χ2n) is 4.54. The molecule has 0 aliphatic carbocycles. The van der Waals surface area contributed by atoms with Gasteiger partial charge in [-0.15, -0.1) is 4.40 Å². The van der Waals surface area contributed by atoms with Crippen LogP contribution in [0.5, 0.6) is 0 Å². The summed E-state index contributed by atoms with van der Waals surface area (Å²) in [5, 5.41) is 8.72. The van der Waals surface area contributed by atoms with E-state index in [9.17, 15) is 13.2 Å². The minimum atomic E-state index is -4.04. The van der Waals surface area contributed by atoms with Crippen molar-refractivity contribution in [3.05, 3.63) is 51.4 Å². The van der Waals surface area contributed by atoms with Gasteiger partial charge in [0.15, 0.2) is 0 Å². The molecule has 0 aliphatic heterocycles. The molecule has 0 amide bonds. The number of guanidine groups is 1. The summed E-state index contributed by atoms with van der Waals surface area (Å²) in [5.74, 6) is -0.598. The molecular formula is C13H11ClN6O3S. The number of sulfonamides is 1. The third-order valence-corrected chi connectivity index (χ3v) is 4.63. The summed E-state index contributed by atoms with van der Waals surface area (Å²) < 4.78 is 27.9. The second-order valence-corrected chi connectivity index (χ2v) is 6.52. The average molecular weight is 367 g/mol. The van der Waals surface area contributed by atoms with Crippen LogP contribution in [0.3, 0.4) is 0 Å².